The number of aryl methyl sites for hydroxylation is 1. The molecule has 0 spiro atoms. The second-order valence-electron chi connectivity index (χ2n) is 9.15. The molecule has 1 heterocycles. The molecule has 1 fully saturated rings. The predicted molar refractivity (Wildman–Crippen MR) is 148 cm³/mol. The van der Waals surface area contributed by atoms with Gasteiger partial charge in [-0.2, -0.15) is 0 Å². The Balaban J connectivity index is 1.59. The Morgan fingerprint density at radius 2 is 1.76 bits per heavy atom. The van der Waals surface area contributed by atoms with Crippen molar-refractivity contribution in [2.75, 3.05) is 29.3 Å². The second-order valence-corrected chi connectivity index (χ2v) is 11.4. The fourth-order valence-electron chi connectivity index (χ4n) is 4.22. The number of nitrogens with zero attached hydrogens (tertiary/aromatic N) is 1. The number of sulfonamides is 1. The molecule has 0 unspecified atom stereocenters. The molecular formula is C28H30ClN3O5S. The molecule has 0 aromatic heterocycles. The van der Waals surface area contributed by atoms with E-state index in [4.69, 9.17) is 16.3 Å². The zero-order chi connectivity index (χ0) is 27.3. The van der Waals surface area contributed by atoms with Gasteiger partial charge in [-0.05, 0) is 68.7 Å². The highest BCUT2D eigenvalue weighted by Gasteiger charge is 2.29. The molecule has 0 aliphatic carbocycles. The summed E-state index contributed by atoms with van der Waals surface area (Å²) in [6, 6.07) is 17.9. The summed E-state index contributed by atoms with van der Waals surface area (Å²) in [5, 5.41) is 5.94. The van der Waals surface area contributed by atoms with E-state index in [2.05, 4.69) is 10.6 Å². The van der Waals surface area contributed by atoms with Gasteiger partial charge in [0.1, 0.15) is 6.54 Å². The lowest BCUT2D eigenvalue weighted by atomic mass is 10.1. The Kier molecular flexibility index (Phi) is 8.71. The average Bonchev–Trinajstić information content (AvgIpc) is 3.42. The predicted octanol–water partition coefficient (Wildman–Crippen LogP) is 4.70. The number of benzene rings is 3. The van der Waals surface area contributed by atoms with Crippen LogP contribution in [0.5, 0.6) is 0 Å². The maximum Gasteiger partial charge on any atom is 0.264 e. The second kappa shape index (κ2) is 12.0. The van der Waals surface area contributed by atoms with E-state index >= 15 is 0 Å². The molecule has 0 saturated carbocycles. The number of hydrogen-bond acceptors (Lipinski definition) is 5. The molecule has 38 heavy (non-hydrogen) atoms. The summed E-state index contributed by atoms with van der Waals surface area (Å²) >= 11 is 6.30. The van der Waals surface area contributed by atoms with Crippen molar-refractivity contribution in [3.8, 4) is 0 Å². The van der Waals surface area contributed by atoms with Crippen LogP contribution >= 0.6 is 11.6 Å². The van der Waals surface area contributed by atoms with Crippen LogP contribution < -0.4 is 14.9 Å². The van der Waals surface area contributed by atoms with Crippen LogP contribution in [0, 0.1) is 13.8 Å². The number of hydrogen-bond donors (Lipinski definition) is 2. The minimum Gasteiger partial charge on any atom is -0.376 e. The van der Waals surface area contributed by atoms with Crippen molar-refractivity contribution in [1.82, 2.24) is 5.32 Å². The van der Waals surface area contributed by atoms with Crippen LogP contribution in [0.1, 0.15) is 34.3 Å². The summed E-state index contributed by atoms with van der Waals surface area (Å²) in [5.41, 5.74) is 2.26. The van der Waals surface area contributed by atoms with E-state index in [-0.39, 0.29) is 33.8 Å². The lowest BCUT2D eigenvalue weighted by Crippen LogP contribution is -2.39. The third kappa shape index (κ3) is 6.35. The largest absolute Gasteiger partial charge is 0.376 e. The minimum atomic E-state index is -4.12. The van der Waals surface area contributed by atoms with Crippen LogP contribution in [0.3, 0.4) is 0 Å². The third-order valence-electron chi connectivity index (χ3n) is 6.36. The highest BCUT2D eigenvalue weighted by Crippen LogP contribution is 2.31. The highest BCUT2D eigenvalue weighted by molar-refractivity contribution is 7.92. The number of anilines is 2. The number of para-hydroxylation sites is 1. The van der Waals surface area contributed by atoms with E-state index in [1.807, 2.05) is 6.92 Å². The third-order valence-corrected chi connectivity index (χ3v) is 8.55. The monoisotopic (exact) mass is 555 g/mol. The number of amides is 2. The summed E-state index contributed by atoms with van der Waals surface area (Å²) in [7, 11) is -4.12. The molecule has 0 bridgehead atoms. The topological polar surface area (TPSA) is 105 Å². The lowest BCUT2D eigenvalue weighted by Gasteiger charge is -2.26. The first-order valence-corrected chi connectivity index (χ1v) is 14.1. The van der Waals surface area contributed by atoms with Crippen LogP contribution in [-0.2, 0) is 19.6 Å². The summed E-state index contributed by atoms with van der Waals surface area (Å²) < 4.78 is 34.0. The molecule has 2 N–H and O–H groups in total. The van der Waals surface area contributed by atoms with Gasteiger partial charge in [-0.15, -0.1) is 0 Å². The van der Waals surface area contributed by atoms with Crippen LogP contribution in [-0.4, -0.2) is 46.0 Å². The Bertz CT molecular complexity index is 1420. The molecule has 8 nitrogen and oxygen atoms in total. The number of ether oxygens (including phenoxy) is 1. The van der Waals surface area contributed by atoms with Gasteiger partial charge in [0.2, 0.25) is 5.91 Å². The fourth-order valence-corrected chi connectivity index (χ4v) is 5.87. The number of carbonyl (C=O) groups is 2. The smallest absolute Gasteiger partial charge is 0.264 e. The van der Waals surface area contributed by atoms with Gasteiger partial charge >= 0.3 is 0 Å². The molecular weight excluding hydrogens is 526 g/mol. The van der Waals surface area contributed by atoms with E-state index in [0.717, 1.165) is 22.7 Å². The van der Waals surface area contributed by atoms with Crippen LogP contribution in [0.2, 0.25) is 5.02 Å². The molecule has 4 rings (SSSR count). The van der Waals surface area contributed by atoms with Crippen molar-refractivity contribution in [1.29, 1.82) is 0 Å². The van der Waals surface area contributed by atoms with Crippen LogP contribution in [0.25, 0.3) is 0 Å². The summed E-state index contributed by atoms with van der Waals surface area (Å²) in [6.07, 6.45) is 1.82. The Morgan fingerprint density at radius 1 is 1.03 bits per heavy atom. The van der Waals surface area contributed by atoms with Gasteiger partial charge in [-0.25, -0.2) is 8.42 Å². The number of rotatable bonds is 9. The van der Waals surface area contributed by atoms with Gasteiger partial charge in [0.25, 0.3) is 15.9 Å². The molecule has 1 aliphatic heterocycles. The SMILES string of the molecule is Cc1ccc(S(=O)(=O)N(CC(=O)Nc2ccccc2C(=O)NC[C@@H]2CCCO2)c2cccc(Cl)c2C)cc1. The van der Waals surface area contributed by atoms with Crippen molar-refractivity contribution >= 4 is 44.8 Å². The standard InChI is InChI=1S/C28H30ClN3O5S/c1-19-12-14-22(15-13-19)38(35,36)32(26-11-5-9-24(29)20(26)2)18-27(33)31-25-10-4-3-8-23(25)28(34)30-17-21-7-6-16-37-21/h3-5,8-15,21H,6-7,16-18H2,1-2H3,(H,30,34)(H,31,33)/t21-/m0/s1. The number of carbonyl (C=O) groups excluding carboxylic acids is 2. The molecule has 1 saturated heterocycles. The van der Waals surface area contributed by atoms with E-state index < -0.39 is 22.5 Å². The first-order valence-electron chi connectivity index (χ1n) is 12.3. The van der Waals surface area contributed by atoms with Gasteiger partial charge in [-0.1, -0.05) is 47.5 Å². The van der Waals surface area contributed by atoms with Crippen LogP contribution in [0.4, 0.5) is 11.4 Å². The first kappa shape index (κ1) is 27.6. The van der Waals surface area contributed by atoms with Gasteiger partial charge in [0.15, 0.2) is 0 Å². The summed E-state index contributed by atoms with van der Waals surface area (Å²) in [6.45, 7) is 4.08. The average molecular weight is 556 g/mol. The first-order chi connectivity index (χ1) is 18.2. The van der Waals surface area contributed by atoms with E-state index in [0.29, 0.717) is 23.7 Å². The maximum atomic E-state index is 13.7. The van der Waals surface area contributed by atoms with E-state index in [1.54, 1.807) is 61.5 Å². The Morgan fingerprint density at radius 3 is 2.47 bits per heavy atom. The van der Waals surface area contributed by atoms with Crippen molar-refractivity contribution in [3.63, 3.8) is 0 Å². The molecule has 3 aromatic carbocycles. The zero-order valence-electron chi connectivity index (χ0n) is 21.2. The van der Waals surface area contributed by atoms with Gasteiger partial charge in [-0.3, -0.25) is 13.9 Å². The van der Waals surface area contributed by atoms with Crippen molar-refractivity contribution in [3.05, 3.63) is 88.4 Å². The fraction of sp³-hybridized carbons (Fsp3) is 0.286. The maximum absolute atomic E-state index is 13.7. The zero-order valence-corrected chi connectivity index (χ0v) is 22.8. The number of halogens is 1. The van der Waals surface area contributed by atoms with Crippen molar-refractivity contribution in [2.24, 2.45) is 0 Å². The normalized spacial score (nSPS) is 15.2. The minimum absolute atomic E-state index is 0.0258. The molecule has 10 heteroatoms. The van der Waals surface area contributed by atoms with Gasteiger partial charge < -0.3 is 15.4 Å². The van der Waals surface area contributed by atoms with E-state index in [9.17, 15) is 18.0 Å². The number of nitrogens with one attached hydrogen (secondary N) is 2. The van der Waals surface area contributed by atoms with Gasteiger partial charge in [0.05, 0.1) is 27.9 Å². The summed E-state index contributed by atoms with van der Waals surface area (Å²) in [5.74, 6) is -0.967. The molecule has 2 amide bonds. The molecule has 200 valence electrons. The highest BCUT2D eigenvalue weighted by atomic mass is 35.5. The molecule has 0 radical (unpaired) electrons. The van der Waals surface area contributed by atoms with E-state index in [1.165, 1.54) is 12.1 Å². The van der Waals surface area contributed by atoms with Gasteiger partial charge in [0, 0.05) is 18.2 Å². The van der Waals surface area contributed by atoms with Crippen molar-refractivity contribution in [2.45, 2.75) is 37.7 Å². The lowest BCUT2D eigenvalue weighted by molar-refractivity contribution is -0.114. The molecule has 3 aromatic rings. The molecule has 1 aliphatic rings. The Labute approximate surface area is 228 Å². The van der Waals surface area contributed by atoms with Crippen LogP contribution in [0.15, 0.2) is 71.6 Å². The van der Waals surface area contributed by atoms with Crippen molar-refractivity contribution < 1.29 is 22.7 Å². The molecule has 1 atom stereocenters. The quantitative estimate of drug-likeness (QED) is 0.398. The summed E-state index contributed by atoms with van der Waals surface area (Å²) in [4.78, 5) is 26.2. The Hall–Kier alpha value is -3.40.